The van der Waals surface area contributed by atoms with Crippen LogP contribution in [-0.2, 0) is 5.41 Å². The van der Waals surface area contributed by atoms with Crippen LogP contribution in [0.15, 0.2) is 128 Å². The van der Waals surface area contributed by atoms with Crippen molar-refractivity contribution >= 4 is 43.6 Å². The minimum Gasteiger partial charge on any atom is -0.309 e. The number of fused-ring (bicyclic) bond motifs is 10. The maximum atomic E-state index is 4.60. The fraction of sp³-hybridized carbons (Fsp3) is 0.0789. The summed E-state index contributed by atoms with van der Waals surface area (Å²) in [5, 5.41) is 4.94. The Hall–Kier alpha value is -5.15. The summed E-state index contributed by atoms with van der Waals surface area (Å²) in [4.78, 5) is 4.60. The van der Waals surface area contributed by atoms with Crippen molar-refractivity contribution in [2.75, 3.05) is 0 Å². The normalized spacial score (nSPS) is 13.8. The molecule has 3 aromatic heterocycles. The molecule has 41 heavy (non-hydrogen) atoms. The third kappa shape index (κ3) is 2.85. The van der Waals surface area contributed by atoms with Gasteiger partial charge in [0.25, 0.3) is 0 Å². The number of nitrogens with zero attached hydrogens (tertiary/aromatic N) is 3. The van der Waals surface area contributed by atoms with Crippen molar-refractivity contribution in [1.82, 2.24) is 14.1 Å². The van der Waals surface area contributed by atoms with Crippen LogP contribution in [0.3, 0.4) is 0 Å². The lowest BCUT2D eigenvalue weighted by Crippen LogP contribution is -2.16. The highest BCUT2D eigenvalue weighted by atomic mass is 15.0. The Kier molecular flexibility index (Phi) is 4.39. The molecular weight excluding hydrogens is 498 g/mol. The summed E-state index contributed by atoms with van der Waals surface area (Å²) in [6.07, 6.45) is 3.92. The van der Waals surface area contributed by atoms with Gasteiger partial charge in [-0.3, -0.25) is 4.98 Å². The average Bonchev–Trinajstić information content (AvgIpc) is 3.61. The van der Waals surface area contributed by atoms with E-state index in [9.17, 15) is 0 Å². The molecule has 0 atom stereocenters. The van der Waals surface area contributed by atoms with Gasteiger partial charge in [0.15, 0.2) is 0 Å². The standard InChI is InChI=1S/C38H27N3/c1-38(2)30-15-8-6-13-25(30)27-19-20-28-26-14-7-9-16-31(26)41(37(28)36(27)38)34-18-10-17-33-35(34)29-23-39-22-21-32(29)40(33)24-11-4-3-5-12-24/h3-23H,1-2H3. The van der Waals surface area contributed by atoms with Crippen molar-refractivity contribution in [1.29, 1.82) is 0 Å². The summed E-state index contributed by atoms with van der Waals surface area (Å²) in [5.41, 5.74) is 12.5. The zero-order valence-electron chi connectivity index (χ0n) is 23.0. The van der Waals surface area contributed by atoms with E-state index in [4.69, 9.17) is 0 Å². The molecule has 0 unspecified atom stereocenters. The van der Waals surface area contributed by atoms with E-state index < -0.39 is 0 Å². The fourth-order valence-electron chi connectivity index (χ4n) is 7.50. The van der Waals surface area contributed by atoms with Gasteiger partial charge in [-0.1, -0.05) is 92.7 Å². The van der Waals surface area contributed by atoms with E-state index in [0.717, 1.165) is 16.6 Å². The molecule has 194 valence electrons. The molecule has 0 aliphatic heterocycles. The number of hydrogen-bond donors (Lipinski definition) is 0. The molecule has 0 amide bonds. The number of para-hydroxylation sites is 2. The van der Waals surface area contributed by atoms with Crippen LogP contribution >= 0.6 is 0 Å². The van der Waals surface area contributed by atoms with Gasteiger partial charge in [0, 0.05) is 45.0 Å². The van der Waals surface area contributed by atoms with Crippen molar-refractivity contribution < 1.29 is 0 Å². The number of benzene rings is 5. The lowest BCUT2D eigenvalue weighted by molar-refractivity contribution is 0.664. The third-order valence-corrected chi connectivity index (χ3v) is 9.18. The van der Waals surface area contributed by atoms with Crippen LogP contribution in [0.4, 0.5) is 0 Å². The predicted molar refractivity (Wildman–Crippen MR) is 170 cm³/mol. The van der Waals surface area contributed by atoms with Crippen molar-refractivity contribution in [3.63, 3.8) is 0 Å². The van der Waals surface area contributed by atoms with Gasteiger partial charge in [-0.15, -0.1) is 0 Å². The van der Waals surface area contributed by atoms with Crippen molar-refractivity contribution in [3.05, 3.63) is 139 Å². The largest absolute Gasteiger partial charge is 0.309 e. The lowest BCUT2D eigenvalue weighted by atomic mass is 9.81. The maximum Gasteiger partial charge on any atom is 0.0588 e. The minimum atomic E-state index is -0.134. The van der Waals surface area contributed by atoms with Crippen molar-refractivity contribution in [3.8, 4) is 22.5 Å². The highest BCUT2D eigenvalue weighted by Gasteiger charge is 2.38. The minimum absolute atomic E-state index is 0.134. The summed E-state index contributed by atoms with van der Waals surface area (Å²) in [6, 6.07) is 41.9. The first-order chi connectivity index (χ1) is 20.1. The molecule has 1 aliphatic rings. The third-order valence-electron chi connectivity index (χ3n) is 9.18. The van der Waals surface area contributed by atoms with E-state index in [0.29, 0.717) is 0 Å². The summed E-state index contributed by atoms with van der Waals surface area (Å²) in [6.45, 7) is 4.76. The molecule has 0 spiro atoms. The number of pyridine rings is 1. The maximum absolute atomic E-state index is 4.60. The first kappa shape index (κ1) is 22.6. The quantitative estimate of drug-likeness (QED) is 0.220. The van der Waals surface area contributed by atoms with E-state index >= 15 is 0 Å². The van der Waals surface area contributed by atoms with Crippen LogP contribution in [-0.4, -0.2) is 14.1 Å². The lowest BCUT2D eigenvalue weighted by Gasteiger charge is -2.24. The second-order valence-electron chi connectivity index (χ2n) is 11.6. The molecule has 3 nitrogen and oxygen atoms in total. The van der Waals surface area contributed by atoms with Gasteiger partial charge in [0.1, 0.15) is 0 Å². The Balaban J connectivity index is 1.49. The van der Waals surface area contributed by atoms with Crippen LogP contribution in [0.25, 0.3) is 66.1 Å². The first-order valence-electron chi connectivity index (χ1n) is 14.2. The van der Waals surface area contributed by atoms with Crippen LogP contribution in [0.2, 0.25) is 0 Å². The smallest absolute Gasteiger partial charge is 0.0588 e. The van der Waals surface area contributed by atoms with Gasteiger partial charge in [0.05, 0.1) is 27.8 Å². The van der Waals surface area contributed by atoms with Crippen molar-refractivity contribution in [2.45, 2.75) is 19.3 Å². The van der Waals surface area contributed by atoms with Crippen LogP contribution in [0, 0.1) is 0 Å². The molecule has 0 saturated heterocycles. The molecule has 8 aromatic rings. The van der Waals surface area contributed by atoms with E-state index in [1.54, 1.807) is 0 Å². The van der Waals surface area contributed by atoms with E-state index in [-0.39, 0.29) is 5.41 Å². The van der Waals surface area contributed by atoms with Gasteiger partial charge >= 0.3 is 0 Å². The van der Waals surface area contributed by atoms with Gasteiger partial charge in [-0.25, -0.2) is 0 Å². The van der Waals surface area contributed by atoms with Gasteiger partial charge in [-0.05, 0) is 58.7 Å². The molecule has 0 saturated carbocycles. The molecule has 9 rings (SSSR count). The summed E-state index contributed by atoms with van der Waals surface area (Å²) in [5.74, 6) is 0. The van der Waals surface area contributed by atoms with E-state index in [1.165, 1.54) is 60.6 Å². The predicted octanol–water partition coefficient (Wildman–Crippen LogP) is 9.58. The van der Waals surface area contributed by atoms with Gasteiger partial charge in [0.2, 0.25) is 0 Å². The number of rotatable bonds is 2. The SMILES string of the molecule is CC1(C)c2ccccc2-c2ccc3c4ccccc4n(-c4cccc5c4c4cnccc4n5-c4ccccc4)c3c21. The fourth-order valence-corrected chi connectivity index (χ4v) is 7.50. The van der Waals surface area contributed by atoms with Gasteiger partial charge in [-0.2, -0.15) is 0 Å². The zero-order valence-corrected chi connectivity index (χ0v) is 23.0. The summed E-state index contributed by atoms with van der Waals surface area (Å²) in [7, 11) is 0. The highest BCUT2D eigenvalue weighted by Crippen LogP contribution is 2.53. The molecule has 1 aliphatic carbocycles. The molecular formula is C38H27N3. The molecule has 3 heterocycles. The second-order valence-corrected chi connectivity index (χ2v) is 11.6. The molecule has 0 N–H and O–H groups in total. The molecule has 3 heteroatoms. The van der Waals surface area contributed by atoms with Crippen LogP contribution in [0.5, 0.6) is 0 Å². The zero-order chi connectivity index (χ0) is 27.3. The summed E-state index contributed by atoms with van der Waals surface area (Å²) < 4.78 is 4.90. The monoisotopic (exact) mass is 525 g/mol. The van der Waals surface area contributed by atoms with Crippen LogP contribution < -0.4 is 0 Å². The van der Waals surface area contributed by atoms with E-state index in [1.807, 2.05) is 12.4 Å². The molecule has 0 fully saturated rings. The second kappa shape index (κ2) is 7.96. The molecule has 0 bridgehead atoms. The van der Waals surface area contributed by atoms with Crippen LogP contribution in [0.1, 0.15) is 25.0 Å². The Labute approximate surface area is 237 Å². The Bertz CT molecular complexity index is 2330. The number of hydrogen-bond acceptors (Lipinski definition) is 1. The molecule has 5 aromatic carbocycles. The number of aromatic nitrogens is 3. The first-order valence-corrected chi connectivity index (χ1v) is 14.2. The Morgan fingerprint density at radius 2 is 1.32 bits per heavy atom. The van der Waals surface area contributed by atoms with Gasteiger partial charge < -0.3 is 9.13 Å². The highest BCUT2D eigenvalue weighted by molar-refractivity contribution is 6.17. The molecule has 0 radical (unpaired) electrons. The van der Waals surface area contributed by atoms with Crippen molar-refractivity contribution in [2.24, 2.45) is 0 Å². The average molecular weight is 526 g/mol. The Morgan fingerprint density at radius 1 is 0.561 bits per heavy atom. The topological polar surface area (TPSA) is 22.8 Å². The Morgan fingerprint density at radius 3 is 2.22 bits per heavy atom. The summed E-state index contributed by atoms with van der Waals surface area (Å²) >= 11 is 0. The van der Waals surface area contributed by atoms with E-state index in [2.05, 4.69) is 143 Å².